The van der Waals surface area contributed by atoms with Crippen molar-refractivity contribution in [3.05, 3.63) is 57.6 Å². The zero-order valence-corrected chi connectivity index (χ0v) is 21.6. The zero-order chi connectivity index (χ0) is 23.3. The van der Waals surface area contributed by atoms with E-state index in [1.54, 1.807) is 0 Å². The Hall–Kier alpha value is -1.96. The van der Waals surface area contributed by atoms with Gasteiger partial charge < -0.3 is 9.47 Å². The maximum atomic E-state index is 6.14. The van der Waals surface area contributed by atoms with Crippen LogP contribution in [0.25, 0.3) is 0 Å². The number of hydrogen-bond acceptors (Lipinski definition) is 2. The highest BCUT2D eigenvalue weighted by Crippen LogP contribution is 2.38. The van der Waals surface area contributed by atoms with Crippen LogP contribution in [0.15, 0.2) is 24.3 Å². The largest absolute Gasteiger partial charge is 0.493 e. The van der Waals surface area contributed by atoms with E-state index in [1.807, 2.05) is 0 Å². The highest BCUT2D eigenvalue weighted by molar-refractivity contribution is 5.52. The van der Waals surface area contributed by atoms with E-state index < -0.39 is 0 Å². The highest BCUT2D eigenvalue weighted by atomic mass is 16.5. The Morgan fingerprint density at radius 1 is 0.613 bits per heavy atom. The first-order chi connectivity index (χ1) is 14.4. The number of ether oxygens (including phenoxy) is 2. The van der Waals surface area contributed by atoms with Crippen molar-refractivity contribution in [2.24, 2.45) is 11.8 Å². The van der Waals surface area contributed by atoms with E-state index >= 15 is 0 Å². The van der Waals surface area contributed by atoms with Crippen molar-refractivity contribution >= 4 is 0 Å². The molecule has 0 saturated heterocycles. The third-order valence-electron chi connectivity index (χ3n) is 6.25. The van der Waals surface area contributed by atoms with Gasteiger partial charge in [0.25, 0.3) is 0 Å². The summed E-state index contributed by atoms with van der Waals surface area (Å²) in [4.78, 5) is 0. The molecule has 0 saturated carbocycles. The first kappa shape index (κ1) is 25.3. The monoisotopic (exact) mass is 424 g/mol. The van der Waals surface area contributed by atoms with E-state index in [-0.39, 0.29) is 5.41 Å². The Kier molecular flexibility index (Phi) is 8.63. The second-order valence-corrected chi connectivity index (χ2v) is 10.6. The quantitative estimate of drug-likeness (QED) is 0.383. The van der Waals surface area contributed by atoms with Crippen molar-refractivity contribution in [2.75, 3.05) is 13.2 Å². The molecule has 2 aromatic rings. The van der Waals surface area contributed by atoms with Crippen LogP contribution in [-0.4, -0.2) is 13.2 Å². The summed E-state index contributed by atoms with van der Waals surface area (Å²) < 4.78 is 12.3. The van der Waals surface area contributed by atoms with E-state index in [2.05, 4.69) is 93.5 Å². The van der Waals surface area contributed by atoms with Crippen LogP contribution in [0.5, 0.6) is 11.5 Å². The summed E-state index contributed by atoms with van der Waals surface area (Å²) in [5.41, 5.74) is 7.42. The first-order valence-corrected chi connectivity index (χ1v) is 11.9. The summed E-state index contributed by atoms with van der Waals surface area (Å²) >= 11 is 0. The van der Waals surface area contributed by atoms with Crippen LogP contribution in [0.3, 0.4) is 0 Å². The molecule has 0 aliphatic carbocycles. The van der Waals surface area contributed by atoms with E-state index in [0.29, 0.717) is 11.8 Å². The number of rotatable bonds is 10. The molecule has 0 amide bonds. The summed E-state index contributed by atoms with van der Waals surface area (Å²) in [6, 6.07) is 9.20. The normalized spacial score (nSPS) is 12.0. The Balaban J connectivity index is 2.30. The van der Waals surface area contributed by atoms with Crippen molar-refractivity contribution in [1.82, 2.24) is 0 Å². The van der Waals surface area contributed by atoms with Gasteiger partial charge in [-0.15, -0.1) is 0 Å². The van der Waals surface area contributed by atoms with Gasteiger partial charge in [-0.05, 0) is 85.8 Å². The van der Waals surface area contributed by atoms with Crippen LogP contribution in [0.1, 0.15) is 87.8 Å². The Bertz CT molecular complexity index is 757. The van der Waals surface area contributed by atoms with Gasteiger partial charge >= 0.3 is 0 Å². The van der Waals surface area contributed by atoms with Crippen LogP contribution in [0.2, 0.25) is 0 Å². The Labute approximate surface area is 191 Å². The maximum absolute atomic E-state index is 6.14. The van der Waals surface area contributed by atoms with E-state index in [1.165, 1.54) is 33.4 Å². The van der Waals surface area contributed by atoms with Gasteiger partial charge in [-0.1, -0.05) is 65.8 Å². The van der Waals surface area contributed by atoms with Gasteiger partial charge in [0, 0.05) is 5.41 Å². The predicted molar refractivity (Wildman–Crippen MR) is 134 cm³/mol. The minimum Gasteiger partial charge on any atom is -0.493 e. The summed E-state index contributed by atoms with van der Waals surface area (Å²) in [7, 11) is 0. The zero-order valence-electron chi connectivity index (χ0n) is 21.6. The predicted octanol–water partition coefficient (Wildman–Crippen LogP) is 8.10. The lowest BCUT2D eigenvalue weighted by molar-refractivity contribution is 0.286. The van der Waals surface area contributed by atoms with Gasteiger partial charge in [0.2, 0.25) is 0 Å². The van der Waals surface area contributed by atoms with Crippen molar-refractivity contribution in [1.29, 1.82) is 0 Å². The van der Waals surface area contributed by atoms with Crippen LogP contribution >= 0.6 is 0 Å². The molecule has 0 atom stereocenters. The molecule has 31 heavy (non-hydrogen) atoms. The average Bonchev–Trinajstić information content (AvgIpc) is 2.65. The topological polar surface area (TPSA) is 18.5 Å². The molecule has 0 aromatic heterocycles. The van der Waals surface area contributed by atoms with Crippen molar-refractivity contribution in [3.8, 4) is 11.5 Å². The molecule has 0 fully saturated rings. The number of hydrogen-bond donors (Lipinski definition) is 0. The molecule has 0 aliphatic rings. The fourth-order valence-electron chi connectivity index (χ4n) is 4.04. The summed E-state index contributed by atoms with van der Waals surface area (Å²) in [5, 5.41) is 0. The van der Waals surface area contributed by atoms with Crippen LogP contribution in [0, 0.1) is 39.5 Å². The first-order valence-electron chi connectivity index (χ1n) is 11.9. The molecule has 0 unspecified atom stereocenters. The van der Waals surface area contributed by atoms with Crippen LogP contribution in [0.4, 0.5) is 0 Å². The van der Waals surface area contributed by atoms with Gasteiger partial charge in [0.15, 0.2) is 0 Å². The molecule has 2 rings (SSSR count). The molecule has 2 heteroatoms. The van der Waals surface area contributed by atoms with E-state index in [4.69, 9.17) is 9.47 Å². The molecule has 0 aliphatic heterocycles. The molecule has 2 nitrogen and oxygen atoms in total. The van der Waals surface area contributed by atoms with Gasteiger partial charge in [0.05, 0.1) is 13.2 Å². The van der Waals surface area contributed by atoms with Crippen molar-refractivity contribution in [3.63, 3.8) is 0 Å². The fourth-order valence-corrected chi connectivity index (χ4v) is 4.04. The highest BCUT2D eigenvalue weighted by Gasteiger charge is 2.26. The minimum absolute atomic E-state index is 0.0992. The maximum Gasteiger partial charge on any atom is 0.125 e. The van der Waals surface area contributed by atoms with E-state index in [9.17, 15) is 0 Å². The second kappa shape index (κ2) is 10.6. The van der Waals surface area contributed by atoms with Gasteiger partial charge in [-0.3, -0.25) is 0 Å². The molecular formula is C29H44O2. The SMILES string of the molecule is Cc1cc(C(C)(C)c2cc(C)c(OCCC(C)C)c(C)c2)cc(C)c1OCCC(C)C. The van der Waals surface area contributed by atoms with Gasteiger partial charge in [-0.25, -0.2) is 0 Å². The average molecular weight is 425 g/mol. The van der Waals surface area contributed by atoms with Crippen LogP contribution < -0.4 is 9.47 Å². The molecule has 0 N–H and O–H groups in total. The standard InChI is InChI=1S/C29H44O2/c1-19(2)11-13-30-27-21(5)15-25(16-22(27)6)29(9,10)26-17-23(7)28(24(8)18-26)31-14-12-20(3)4/h15-20H,11-14H2,1-10H3. The molecule has 0 heterocycles. The smallest absolute Gasteiger partial charge is 0.125 e. The summed E-state index contributed by atoms with van der Waals surface area (Å²) in [6.07, 6.45) is 2.16. The molecule has 0 spiro atoms. The third kappa shape index (κ3) is 6.51. The molecule has 0 radical (unpaired) electrons. The number of aryl methyl sites for hydroxylation is 4. The Morgan fingerprint density at radius 3 is 1.16 bits per heavy atom. The number of benzene rings is 2. The van der Waals surface area contributed by atoms with Crippen molar-refractivity contribution in [2.45, 2.75) is 87.5 Å². The van der Waals surface area contributed by atoms with Gasteiger partial charge in [0.1, 0.15) is 11.5 Å². The molecule has 172 valence electrons. The third-order valence-corrected chi connectivity index (χ3v) is 6.25. The fraction of sp³-hybridized carbons (Fsp3) is 0.586. The lowest BCUT2D eigenvalue weighted by atomic mass is 9.76. The molecule has 0 bridgehead atoms. The minimum atomic E-state index is -0.0992. The van der Waals surface area contributed by atoms with E-state index in [0.717, 1.165) is 37.6 Å². The lowest BCUT2D eigenvalue weighted by Crippen LogP contribution is -2.20. The van der Waals surface area contributed by atoms with Crippen LogP contribution in [-0.2, 0) is 5.41 Å². The second-order valence-electron chi connectivity index (χ2n) is 10.6. The summed E-state index contributed by atoms with van der Waals surface area (Å²) in [5.74, 6) is 3.40. The molecular weight excluding hydrogens is 380 g/mol. The summed E-state index contributed by atoms with van der Waals surface area (Å²) in [6.45, 7) is 23.8. The van der Waals surface area contributed by atoms with Crippen molar-refractivity contribution < 1.29 is 9.47 Å². The lowest BCUT2D eigenvalue weighted by Gasteiger charge is -2.29. The van der Waals surface area contributed by atoms with Gasteiger partial charge in [-0.2, -0.15) is 0 Å². The molecule has 2 aromatic carbocycles. The Morgan fingerprint density at radius 2 is 0.903 bits per heavy atom.